The molecule has 0 saturated heterocycles. The highest BCUT2D eigenvalue weighted by atomic mass is 16.6. The molecule has 3 aromatic carbocycles. The number of nitrogens with zero attached hydrogens (tertiary/aromatic N) is 2. The molecule has 0 fully saturated rings. The van der Waals surface area contributed by atoms with Gasteiger partial charge in [0.05, 0.1) is 10.6 Å². The second kappa shape index (κ2) is 8.24. The van der Waals surface area contributed by atoms with E-state index in [1.165, 1.54) is 6.07 Å². The molecule has 0 amide bonds. The minimum Gasteiger partial charge on any atom is -0.258 e. The van der Waals surface area contributed by atoms with Gasteiger partial charge in [0.2, 0.25) is 0 Å². The fourth-order valence-electron chi connectivity index (χ4n) is 2.29. The lowest BCUT2D eigenvalue weighted by molar-refractivity contribution is -0.385. The smallest absolute Gasteiger partial charge is 0.258 e. The quantitative estimate of drug-likeness (QED) is 0.303. The van der Waals surface area contributed by atoms with Crippen molar-refractivity contribution < 1.29 is 4.92 Å². The summed E-state index contributed by atoms with van der Waals surface area (Å²) in [6.07, 6.45) is 0. The van der Waals surface area contributed by atoms with Gasteiger partial charge in [0.25, 0.3) is 5.69 Å². The van der Waals surface area contributed by atoms with Gasteiger partial charge in [-0.1, -0.05) is 41.9 Å². The van der Waals surface area contributed by atoms with Crippen molar-refractivity contribution in [3.63, 3.8) is 0 Å². The zero-order chi connectivity index (χ0) is 19.1. The van der Waals surface area contributed by atoms with Crippen LogP contribution >= 0.6 is 0 Å². The lowest BCUT2D eigenvalue weighted by Crippen LogP contribution is -1.93. The zero-order valence-electron chi connectivity index (χ0n) is 14.1. The molecular formula is C22H13N3O2. The van der Waals surface area contributed by atoms with Gasteiger partial charge in [-0.15, -0.1) is 0 Å². The normalized spacial score (nSPS) is 9.33. The molecule has 3 aromatic rings. The first kappa shape index (κ1) is 17.6. The maximum absolute atomic E-state index is 11.4. The van der Waals surface area contributed by atoms with Crippen LogP contribution in [0.5, 0.6) is 0 Å². The molecule has 0 unspecified atom stereocenters. The average molecular weight is 351 g/mol. The third-order valence-electron chi connectivity index (χ3n) is 3.66. The maximum atomic E-state index is 11.4. The highest BCUT2D eigenvalue weighted by Crippen LogP contribution is 2.20. The number of benzene rings is 3. The van der Waals surface area contributed by atoms with E-state index >= 15 is 0 Å². The topological polar surface area (TPSA) is 79.3 Å². The van der Waals surface area contributed by atoms with Gasteiger partial charge in [-0.25, -0.2) is 5.53 Å². The molecule has 128 valence electrons. The Labute approximate surface area is 156 Å². The molecule has 0 aliphatic rings. The van der Waals surface area contributed by atoms with E-state index < -0.39 is 4.92 Å². The lowest BCUT2D eigenvalue weighted by atomic mass is 10.1. The number of hydrogen-bond donors (Lipinski definition) is 1. The van der Waals surface area contributed by atoms with Crippen LogP contribution in [0, 0.1) is 39.3 Å². The molecule has 0 aliphatic carbocycles. The Morgan fingerprint density at radius 2 is 1.37 bits per heavy atom. The average Bonchev–Trinajstić information content (AvgIpc) is 2.72. The van der Waals surface area contributed by atoms with Crippen molar-refractivity contribution in [1.29, 1.82) is 5.53 Å². The Morgan fingerprint density at radius 1 is 0.778 bits per heavy atom. The Balaban J connectivity index is 1.91. The molecule has 5 heteroatoms. The Kier molecular flexibility index (Phi) is 5.37. The molecule has 0 heterocycles. The van der Waals surface area contributed by atoms with Gasteiger partial charge in [0.1, 0.15) is 5.56 Å². The van der Waals surface area contributed by atoms with Crippen LogP contribution in [0.2, 0.25) is 0 Å². The number of rotatable bonds is 2. The number of hydrogen-bond acceptors (Lipinski definition) is 4. The van der Waals surface area contributed by atoms with E-state index in [1.54, 1.807) is 36.4 Å². The predicted molar refractivity (Wildman–Crippen MR) is 103 cm³/mol. The summed E-state index contributed by atoms with van der Waals surface area (Å²) in [4.78, 5) is 10.9. The fraction of sp³-hybridized carbons (Fsp3) is 0. The van der Waals surface area contributed by atoms with Crippen molar-refractivity contribution >= 4 is 11.4 Å². The van der Waals surface area contributed by atoms with E-state index in [9.17, 15) is 10.1 Å². The minimum atomic E-state index is -0.459. The zero-order valence-corrected chi connectivity index (χ0v) is 14.1. The van der Waals surface area contributed by atoms with Crippen molar-refractivity contribution in [2.45, 2.75) is 0 Å². The second-order valence-electron chi connectivity index (χ2n) is 5.51. The summed E-state index contributed by atoms with van der Waals surface area (Å²) in [5.41, 5.74) is 9.77. The van der Waals surface area contributed by atoms with Gasteiger partial charge in [-0.3, -0.25) is 10.1 Å². The van der Waals surface area contributed by atoms with Crippen molar-refractivity contribution in [3.8, 4) is 23.7 Å². The van der Waals surface area contributed by atoms with E-state index in [1.807, 2.05) is 30.3 Å². The summed E-state index contributed by atoms with van der Waals surface area (Å²) in [7, 11) is 0. The van der Waals surface area contributed by atoms with Gasteiger partial charge in [-0.05, 0) is 48.5 Å². The van der Waals surface area contributed by atoms with Crippen molar-refractivity contribution in [3.05, 3.63) is 105 Å². The third kappa shape index (κ3) is 4.66. The molecule has 3 rings (SSSR count). The molecule has 0 saturated carbocycles. The molecule has 1 N–H and O–H groups in total. The van der Waals surface area contributed by atoms with Gasteiger partial charge in [0.15, 0.2) is 0 Å². The summed E-state index contributed by atoms with van der Waals surface area (Å²) in [6.45, 7) is 0. The van der Waals surface area contributed by atoms with E-state index in [0.29, 0.717) is 22.4 Å². The van der Waals surface area contributed by atoms with Gasteiger partial charge < -0.3 is 0 Å². The molecule has 27 heavy (non-hydrogen) atoms. The van der Waals surface area contributed by atoms with Crippen LogP contribution in [-0.2, 0) is 0 Å². The first-order valence-electron chi connectivity index (χ1n) is 8.01. The Morgan fingerprint density at radius 3 is 2.04 bits per heavy atom. The monoisotopic (exact) mass is 351 g/mol. The largest absolute Gasteiger partial charge is 0.286 e. The molecule has 0 spiro atoms. The van der Waals surface area contributed by atoms with Gasteiger partial charge >= 0.3 is 0 Å². The lowest BCUT2D eigenvalue weighted by Gasteiger charge is -1.97. The maximum Gasteiger partial charge on any atom is 0.286 e. The van der Waals surface area contributed by atoms with E-state index in [4.69, 9.17) is 5.53 Å². The third-order valence-corrected chi connectivity index (χ3v) is 3.66. The fourth-order valence-corrected chi connectivity index (χ4v) is 2.29. The Bertz CT molecular complexity index is 1110. The summed E-state index contributed by atoms with van der Waals surface area (Å²) >= 11 is 0. The van der Waals surface area contributed by atoms with Crippen molar-refractivity contribution in [1.82, 2.24) is 0 Å². The van der Waals surface area contributed by atoms with E-state index in [-0.39, 0.29) is 5.69 Å². The standard InChI is InChI=1S/C22H13N3O2/c23-24-21-14-10-18(11-15-21)8-12-20-13-9-19(16-22(20)25(26)27)7-6-17-4-2-1-3-5-17/h1-5,9-11,13-16,23H. The van der Waals surface area contributed by atoms with Crippen LogP contribution in [-0.4, -0.2) is 4.92 Å². The minimum absolute atomic E-state index is 0.0832. The Hall–Kier alpha value is -4.22. The molecule has 0 bridgehead atoms. The highest BCUT2D eigenvalue weighted by molar-refractivity contribution is 5.58. The van der Waals surface area contributed by atoms with Gasteiger partial charge in [-0.2, -0.15) is 5.11 Å². The van der Waals surface area contributed by atoms with Crippen molar-refractivity contribution in [2.24, 2.45) is 5.11 Å². The molecule has 0 aliphatic heterocycles. The predicted octanol–water partition coefficient (Wildman–Crippen LogP) is 5.06. The van der Waals surface area contributed by atoms with Gasteiger partial charge in [0, 0.05) is 22.8 Å². The highest BCUT2D eigenvalue weighted by Gasteiger charge is 2.12. The van der Waals surface area contributed by atoms with Crippen LogP contribution in [0.3, 0.4) is 0 Å². The SMILES string of the molecule is N=Nc1ccc(C#Cc2ccc(C#Cc3ccccc3)cc2[N+](=O)[O-])cc1. The number of nitrogens with one attached hydrogen (secondary N) is 1. The second-order valence-corrected chi connectivity index (χ2v) is 5.51. The van der Waals surface area contributed by atoms with Crippen LogP contribution < -0.4 is 0 Å². The molecule has 0 aromatic heterocycles. The summed E-state index contributed by atoms with van der Waals surface area (Å²) in [6, 6.07) is 20.9. The molecule has 5 nitrogen and oxygen atoms in total. The first-order valence-corrected chi connectivity index (χ1v) is 8.01. The number of nitro groups is 1. The van der Waals surface area contributed by atoms with E-state index in [2.05, 4.69) is 28.8 Å². The molecule has 0 radical (unpaired) electrons. The van der Waals surface area contributed by atoms with Crippen LogP contribution in [0.4, 0.5) is 11.4 Å². The number of nitro benzene ring substituents is 1. The molecular weight excluding hydrogens is 338 g/mol. The summed E-state index contributed by atoms with van der Waals surface area (Å²) in [5.74, 6) is 11.6. The van der Waals surface area contributed by atoms with Crippen LogP contribution in [0.25, 0.3) is 0 Å². The summed E-state index contributed by atoms with van der Waals surface area (Å²) in [5, 5.41) is 14.7. The molecule has 0 atom stereocenters. The van der Waals surface area contributed by atoms with E-state index in [0.717, 1.165) is 5.56 Å². The van der Waals surface area contributed by atoms with Crippen LogP contribution in [0.1, 0.15) is 22.3 Å². The first-order chi connectivity index (χ1) is 13.2. The van der Waals surface area contributed by atoms with Crippen molar-refractivity contribution in [2.75, 3.05) is 0 Å². The van der Waals surface area contributed by atoms with Crippen LogP contribution in [0.15, 0.2) is 77.9 Å². The summed E-state index contributed by atoms with van der Waals surface area (Å²) < 4.78 is 0.